The van der Waals surface area contributed by atoms with E-state index in [0.29, 0.717) is 11.7 Å². The van der Waals surface area contributed by atoms with Gasteiger partial charge < -0.3 is 5.11 Å². The molecule has 0 radical (unpaired) electrons. The van der Waals surface area contributed by atoms with Crippen LogP contribution in [0.2, 0.25) is 0 Å². The molecule has 3 rings (SSSR count). The second kappa shape index (κ2) is 4.15. The molecule has 0 spiro atoms. The van der Waals surface area contributed by atoms with Crippen molar-refractivity contribution in [3.63, 3.8) is 0 Å². The van der Waals surface area contributed by atoms with Crippen molar-refractivity contribution in [1.29, 1.82) is 0 Å². The molecule has 0 amide bonds. The van der Waals surface area contributed by atoms with E-state index in [-0.39, 0.29) is 5.69 Å². The van der Waals surface area contributed by atoms with Crippen LogP contribution in [0, 0.1) is 13.8 Å². The van der Waals surface area contributed by atoms with Crippen molar-refractivity contribution < 1.29 is 9.90 Å². The Morgan fingerprint density at radius 2 is 2.11 bits per heavy atom. The molecule has 1 N–H and O–H groups in total. The third-order valence-electron chi connectivity index (χ3n) is 3.35. The molecule has 6 nitrogen and oxygen atoms in total. The van der Waals surface area contributed by atoms with Gasteiger partial charge in [-0.15, -0.1) is 0 Å². The highest BCUT2D eigenvalue weighted by Crippen LogP contribution is 2.38. The van der Waals surface area contributed by atoms with Gasteiger partial charge in [0.1, 0.15) is 5.82 Å². The van der Waals surface area contributed by atoms with Crippen LogP contribution in [-0.2, 0) is 0 Å². The van der Waals surface area contributed by atoms with Crippen LogP contribution in [-0.4, -0.2) is 30.8 Å². The van der Waals surface area contributed by atoms with Crippen LogP contribution >= 0.6 is 0 Å². The lowest BCUT2D eigenvalue weighted by Gasteiger charge is -2.09. The quantitative estimate of drug-likeness (QED) is 0.908. The van der Waals surface area contributed by atoms with Crippen LogP contribution < -0.4 is 0 Å². The van der Waals surface area contributed by atoms with E-state index in [2.05, 4.69) is 15.1 Å². The van der Waals surface area contributed by atoms with Crippen LogP contribution in [0.25, 0.3) is 5.82 Å². The zero-order chi connectivity index (χ0) is 13.6. The number of carboxylic acid groups (broad SMARTS) is 1. The molecule has 1 aliphatic rings. The van der Waals surface area contributed by atoms with E-state index in [4.69, 9.17) is 5.11 Å². The molecule has 6 heteroatoms. The van der Waals surface area contributed by atoms with E-state index in [1.165, 1.54) is 10.7 Å². The number of aryl methyl sites for hydroxylation is 1. The molecule has 19 heavy (non-hydrogen) atoms. The number of hydrogen-bond donors (Lipinski definition) is 1. The second-order valence-corrected chi connectivity index (χ2v) is 4.84. The number of nitrogens with zero attached hydrogens (tertiary/aromatic N) is 4. The third kappa shape index (κ3) is 2.09. The van der Waals surface area contributed by atoms with Crippen molar-refractivity contribution in [2.75, 3.05) is 0 Å². The highest BCUT2D eigenvalue weighted by atomic mass is 16.4. The minimum atomic E-state index is -1.04. The van der Waals surface area contributed by atoms with Gasteiger partial charge in [-0.05, 0) is 32.8 Å². The Kier molecular flexibility index (Phi) is 2.58. The van der Waals surface area contributed by atoms with Gasteiger partial charge in [-0.1, -0.05) is 0 Å². The third-order valence-corrected chi connectivity index (χ3v) is 3.35. The smallest absolute Gasteiger partial charge is 0.356 e. The Balaban J connectivity index is 2.09. The Labute approximate surface area is 110 Å². The van der Waals surface area contributed by atoms with E-state index < -0.39 is 5.97 Å². The average molecular weight is 258 g/mol. The fourth-order valence-electron chi connectivity index (χ4n) is 1.94. The van der Waals surface area contributed by atoms with Crippen LogP contribution in [0.4, 0.5) is 0 Å². The van der Waals surface area contributed by atoms with E-state index in [9.17, 15) is 4.79 Å². The Morgan fingerprint density at radius 1 is 1.37 bits per heavy atom. The molecule has 0 unspecified atom stereocenters. The van der Waals surface area contributed by atoms with Gasteiger partial charge in [0, 0.05) is 23.4 Å². The maximum atomic E-state index is 10.9. The summed E-state index contributed by atoms with van der Waals surface area (Å²) in [6.07, 6.45) is 3.87. The van der Waals surface area contributed by atoms with Crippen LogP contribution in [0.15, 0.2) is 12.3 Å². The summed E-state index contributed by atoms with van der Waals surface area (Å²) in [5, 5.41) is 12.9. The lowest BCUT2D eigenvalue weighted by molar-refractivity contribution is 0.0690. The molecule has 1 aliphatic carbocycles. The van der Waals surface area contributed by atoms with Crippen molar-refractivity contribution >= 4 is 5.97 Å². The lowest BCUT2D eigenvalue weighted by Crippen LogP contribution is -2.09. The normalized spacial score (nSPS) is 14.6. The largest absolute Gasteiger partial charge is 0.476 e. The molecule has 2 heterocycles. The first-order valence-corrected chi connectivity index (χ1v) is 6.20. The van der Waals surface area contributed by atoms with Crippen molar-refractivity contribution in [3.05, 3.63) is 35.0 Å². The monoisotopic (exact) mass is 258 g/mol. The molecule has 1 saturated carbocycles. The Bertz CT molecular complexity index is 659. The summed E-state index contributed by atoms with van der Waals surface area (Å²) in [5.41, 5.74) is 1.85. The van der Waals surface area contributed by atoms with Gasteiger partial charge in [0.2, 0.25) is 0 Å². The van der Waals surface area contributed by atoms with Gasteiger partial charge in [0.15, 0.2) is 11.5 Å². The van der Waals surface area contributed by atoms with E-state index in [0.717, 1.165) is 29.9 Å². The summed E-state index contributed by atoms with van der Waals surface area (Å²) < 4.78 is 1.51. The minimum Gasteiger partial charge on any atom is -0.476 e. The Morgan fingerprint density at radius 3 is 2.68 bits per heavy atom. The van der Waals surface area contributed by atoms with Gasteiger partial charge in [0.05, 0.1) is 0 Å². The molecule has 0 saturated heterocycles. The highest BCUT2D eigenvalue weighted by molar-refractivity contribution is 5.85. The first-order valence-electron chi connectivity index (χ1n) is 6.20. The van der Waals surface area contributed by atoms with Crippen molar-refractivity contribution in [2.45, 2.75) is 32.6 Å². The fraction of sp³-hybridized carbons (Fsp3) is 0.385. The number of aromatic nitrogens is 4. The van der Waals surface area contributed by atoms with Crippen LogP contribution in [0.5, 0.6) is 0 Å². The second-order valence-electron chi connectivity index (χ2n) is 4.84. The zero-order valence-corrected chi connectivity index (χ0v) is 10.8. The van der Waals surface area contributed by atoms with Crippen molar-refractivity contribution in [3.8, 4) is 5.82 Å². The van der Waals surface area contributed by atoms with Gasteiger partial charge in [-0.25, -0.2) is 19.4 Å². The van der Waals surface area contributed by atoms with Crippen molar-refractivity contribution in [2.24, 2.45) is 0 Å². The summed E-state index contributed by atoms with van der Waals surface area (Å²) in [6.45, 7) is 3.86. The minimum absolute atomic E-state index is 0.0173. The molecular formula is C13H14N4O2. The molecule has 98 valence electrons. The molecule has 0 aliphatic heterocycles. The topological polar surface area (TPSA) is 80.9 Å². The first kappa shape index (κ1) is 11.8. The van der Waals surface area contributed by atoms with Gasteiger partial charge in [0.25, 0.3) is 0 Å². The maximum absolute atomic E-state index is 10.9. The predicted molar refractivity (Wildman–Crippen MR) is 67.6 cm³/mol. The summed E-state index contributed by atoms with van der Waals surface area (Å²) in [5.74, 6) is 0.921. The van der Waals surface area contributed by atoms with Gasteiger partial charge in [-0.3, -0.25) is 0 Å². The van der Waals surface area contributed by atoms with E-state index >= 15 is 0 Å². The number of carbonyl (C=O) groups is 1. The highest BCUT2D eigenvalue weighted by Gasteiger charge is 2.28. The molecule has 0 atom stereocenters. The summed E-state index contributed by atoms with van der Waals surface area (Å²) in [4.78, 5) is 19.9. The molecule has 0 bridgehead atoms. The number of hydrogen-bond acceptors (Lipinski definition) is 4. The predicted octanol–water partition coefficient (Wildman–Crippen LogP) is 1.85. The molecule has 2 aromatic rings. The number of aromatic carboxylic acids is 1. The summed E-state index contributed by atoms with van der Waals surface area (Å²) in [7, 11) is 0. The van der Waals surface area contributed by atoms with Gasteiger partial charge >= 0.3 is 5.97 Å². The van der Waals surface area contributed by atoms with Crippen LogP contribution in [0.1, 0.15) is 46.3 Å². The average Bonchev–Trinajstić information content (AvgIpc) is 3.09. The SMILES string of the molecule is Cc1nc(C2CC2)nc(-n2ccc(C(=O)O)n2)c1C. The summed E-state index contributed by atoms with van der Waals surface area (Å²) in [6, 6.07) is 1.47. The first-order chi connectivity index (χ1) is 9.06. The van der Waals surface area contributed by atoms with Gasteiger partial charge in [-0.2, -0.15) is 5.10 Å². The summed E-state index contributed by atoms with van der Waals surface area (Å²) >= 11 is 0. The number of rotatable bonds is 3. The van der Waals surface area contributed by atoms with E-state index in [1.54, 1.807) is 6.20 Å². The maximum Gasteiger partial charge on any atom is 0.356 e. The standard InChI is InChI=1S/C13H14N4O2/c1-7-8(2)14-11(9-3-4-9)15-12(7)17-6-5-10(16-17)13(18)19/h5-6,9H,3-4H2,1-2H3,(H,18,19). The fourth-order valence-corrected chi connectivity index (χ4v) is 1.94. The molecule has 1 fully saturated rings. The molecule has 2 aromatic heterocycles. The Hall–Kier alpha value is -2.24. The number of carboxylic acids is 1. The molecular weight excluding hydrogens is 244 g/mol. The molecule has 0 aromatic carbocycles. The van der Waals surface area contributed by atoms with E-state index in [1.807, 2.05) is 13.8 Å². The zero-order valence-electron chi connectivity index (χ0n) is 10.8. The van der Waals surface area contributed by atoms with Crippen LogP contribution in [0.3, 0.4) is 0 Å². The lowest BCUT2D eigenvalue weighted by atomic mass is 10.2. The van der Waals surface area contributed by atoms with Crippen molar-refractivity contribution in [1.82, 2.24) is 19.7 Å².